The van der Waals surface area contributed by atoms with E-state index in [0.717, 1.165) is 24.4 Å². The van der Waals surface area contributed by atoms with Gasteiger partial charge in [-0.05, 0) is 43.9 Å². The van der Waals surface area contributed by atoms with Crippen LogP contribution in [0.1, 0.15) is 39.5 Å². The molecule has 1 saturated heterocycles. The van der Waals surface area contributed by atoms with E-state index in [1.165, 1.54) is 12.8 Å². The van der Waals surface area contributed by atoms with Gasteiger partial charge in [-0.15, -0.1) is 12.4 Å². The van der Waals surface area contributed by atoms with E-state index >= 15 is 0 Å². The second kappa shape index (κ2) is 9.70. The van der Waals surface area contributed by atoms with Crippen LogP contribution < -0.4 is 15.4 Å². The number of hydrogen-bond donors (Lipinski definition) is 2. The maximum Gasteiger partial charge on any atom is 0.224 e. The molecule has 5 heteroatoms. The number of benzene rings is 1. The summed E-state index contributed by atoms with van der Waals surface area (Å²) in [5, 5.41) is 6.38. The average Bonchev–Trinajstić information content (AvgIpc) is 2.97. The van der Waals surface area contributed by atoms with Crippen LogP contribution >= 0.6 is 12.4 Å². The molecule has 1 aliphatic heterocycles. The Kier molecular flexibility index (Phi) is 8.28. The first kappa shape index (κ1) is 18.8. The van der Waals surface area contributed by atoms with E-state index in [4.69, 9.17) is 4.74 Å². The minimum Gasteiger partial charge on any atom is -0.491 e. The van der Waals surface area contributed by atoms with Gasteiger partial charge in [0.2, 0.25) is 5.91 Å². The van der Waals surface area contributed by atoms with Crippen LogP contribution in [0.2, 0.25) is 0 Å². The molecule has 1 atom stereocenters. The summed E-state index contributed by atoms with van der Waals surface area (Å²) in [6.07, 6.45) is 3.86. The molecule has 0 aliphatic carbocycles. The molecule has 0 bridgehead atoms. The lowest BCUT2D eigenvalue weighted by atomic mass is 10.1. The smallest absolute Gasteiger partial charge is 0.224 e. The third-order valence-electron chi connectivity index (χ3n) is 3.62. The minimum atomic E-state index is 0. The van der Waals surface area contributed by atoms with Crippen molar-refractivity contribution in [3.8, 4) is 5.75 Å². The first-order chi connectivity index (χ1) is 10.1. The van der Waals surface area contributed by atoms with Gasteiger partial charge in [0.05, 0.1) is 12.3 Å². The number of hydrogen-bond acceptors (Lipinski definition) is 3. The number of carbonyl (C=O) groups is 1. The summed E-state index contributed by atoms with van der Waals surface area (Å²) in [6, 6.07) is 8.13. The van der Waals surface area contributed by atoms with Gasteiger partial charge in [0.15, 0.2) is 0 Å². The molecule has 1 heterocycles. The zero-order valence-corrected chi connectivity index (χ0v) is 14.2. The fourth-order valence-electron chi connectivity index (χ4n) is 2.47. The van der Waals surface area contributed by atoms with E-state index in [-0.39, 0.29) is 18.3 Å². The second-order valence-corrected chi connectivity index (χ2v) is 6.08. The van der Waals surface area contributed by atoms with Crippen LogP contribution in [-0.2, 0) is 4.79 Å². The Bertz CT molecular complexity index is 460. The van der Waals surface area contributed by atoms with Crippen molar-refractivity contribution >= 4 is 24.0 Å². The Morgan fingerprint density at radius 1 is 1.41 bits per heavy atom. The van der Waals surface area contributed by atoms with Gasteiger partial charge in [0.1, 0.15) is 5.75 Å². The largest absolute Gasteiger partial charge is 0.491 e. The summed E-state index contributed by atoms with van der Waals surface area (Å²) in [5.41, 5.74) is 0.766. The molecule has 2 N–H and O–H groups in total. The van der Waals surface area contributed by atoms with Crippen LogP contribution in [-0.4, -0.2) is 25.1 Å². The highest BCUT2D eigenvalue weighted by Crippen LogP contribution is 2.24. The molecule has 1 fully saturated rings. The molecule has 2 rings (SSSR count). The van der Waals surface area contributed by atoms with Gasteiger partial charge in [-0.2, -0.15) is 0 Å². The van der Waals surface area contributed by atoms with Crippen molar-refractivity contribution in [3.63, 3.8) is 0 Å². The highest BCUT2D eigenvalue weighted by atomic mass is 35.5. The second-order valence-electron chi connectivity index (χ2n) is 6.08. The van der Waals surface area contributed by atoms with Crippen molar-refractivity contribution in [1.29, 1.82) is 0 Å². The fourth-order valence-corrected chi connectivity index (χ4v) is 2.47. The molecule has 4 nitrogen and oxygen atoms in total. The van der Waals surface area contributed by atoms with Crippen molar-refractivity contribution < 1.29 is 9.53 Å². The molecule has 1 aliphatic rings. The number of carbonyl (C=O) groups excluding carboxylic acids is 1. The lowest BCUT2D eigenvalue weighted by Crippen LogP contribution is -2.23. The Labute approximate surface area is 139 Å². The monoisotopic (exact) mass is 326 g/mol. The molecule has 124 valence electrons. The lowest BCUT2D eigenvalue weighted by molar-refractivity contribution is -0.116. The predicted octanol–water partition coefficient (Wildman–Crippen LogP) is 3.61. The zero-order chi connectivity index (χ0) is 15.1. The van der Waals surface area contributed by atoms with Crippen LogP contribution in [0.5, 0.6) is 5.75 Å². The molecule has 0 spiro atoms. The maximum absolute atomic E-state index is 12.1. The maximum atomic E-state index is 12.1. The van der Waals surface area contributed by atoms with Gasteiger partial charge in [-0.1, -0.05) is 26.0 Å². The highest BCUT2D eigenvalue weighted by Gasteiger charge is 2.16. The first-order valence-corrected chi connectivity index (χ1v) is 7.90. The van der Waals surface area contributed by atoms with Gasteiger partial charge in [-0.3, -0.25) is 4.79 Å². The standard InChI is InChI=1S/C17H26N2O2.ClH/c1-13(2)12-21-16-8-4-3-7-15(16)19-17(20)10-9-14-6-5-11-18-14;/h3-4,7-8,13-14,18H,5-6,9-12H2,1-2H3,(H,19,20);1H. The fraction of sp³-hybridized carbons (Fsp3) is 0.588. The predicted molar refractivity (Wildman–Crippen MR) is 92.9 cm³/mol. The number of halogens is 1. The van der Waals surface area contributed by atoms with Gasteiger partial charge in [0.25, 0.3) is 0 Å². The van der Waals surface area contributed by atoms with Gasteiger partial charge < -0.3 is 15.4 Å². The molecule has 1 amide bonds. The number of amides is 1. The Morgan fingerprint density at radius 2 is 2.18 bits per heavy atom. The van der Waals surface area contributed by atoms with E-state index in [2.05, 4.69) is 24.5 Å². The van der Waals surface area contributed by atoms with Crippen molar-refractivity contribution in [2.75, 3.05) is 18.5 Å². The molecule has 1 aromatic rings. The number of ether oxygens (including phenoxy) is 1. The number of rotatable bonds is 7. The average molecular weight is 327 g/mol. The van der Waals surface area contributed by atoms with Crippen molar-refractivity contribution in [2.24, 2.45) is 5.92 Å². The Balaban J connectivity index is 0.00000242. The number of para-hydroxylation sites is 2. The molecule has 0 saturated carbocycles. The van der Waals surface area contributed by atoms with Crippen LogP contribution in [0.4, 0.5) is 5.69 Å². The summed E-state index contributed by atoms with van der Waals surface area (Å²) < 4.78 is 5.75. The molecule has 0 aromatic heterocycles. The van der Waals surface area contributed by atoms with Crippen molar-refractivity contribution in [3.05, 3.63) is 24.3 Å². The van der Waals surface area contributed by atoms with Crippen molar-refractivity contribution in [1.82, 2.24) is 5.32 Å². The van der Waals surface area contributed by atoms with Crippen LogP contribution in [0.25, 0.3) is 0 Å². The van der Waals surface area contributed by atoms with Crippen molar-refractivity contribution in [2.45, 2.75) is 45.6 Å². The third kappa shape index (κ3) is 6.24. The summed E-state index contributed by atoms with van der Waals surface area (Å²) in [4.78, 5) is 12.1. The van der Waals surface area contributed by atoms with Crippen LogP contribution in [0.15, 0.2) is 24.3 Å². The number of anilines is 1. The molecule has 1 unspecified atom stereocenters. The first-order valence-electron chi connectivity index (χ1n) is 7.90. The van der Waals surface area contributed by atoms with E-state index in [1.54, 1.807) is 0 Å². The van der Waals surface area contributed by atoms with Crippen LogP contribution in [0.3, 0.4) is 0 Å². The van der Waals surface area contributed by atoms with E-state index in [9.17, 15) is 4.79 Å². The van der Waals surface area contributed by atoms with E-state index < -0.39 is 0 Å². The summed E-state index contributed by atoms with van der Waals surface area (Å²) in [7, 11) is 0. The topological polar surface area (TPSA) is 50.4 Å². The summed E-state index contributed by atoms with van der Waals surface area (Å²) in [5.74, 6) is 1.27. The van der Waals surface area contributed by atoms with Gasteiger partial charge in [0, 0.05) is 12.5 Å². The van der Waals surface area contributed by atoms with Gasteiger partial charge >= 0.3 is 0 Å². The molecule has 1 aromatic carbocycles. The molecule has 22 heavy (non-hydrogen) atoms. The molecular formula is C17H27ClN2O2. The minimum absolute atomic E-state index is 0. The third-order valence-corrected chi connectivity index (χ3v) is 3.62. The van der Waals surface area contributed by atoms with E-state index in [0.29, 0.717) is 25.0 Å². The molecular weight excluding hydrogens is 300 g/mol. The summed E-state index contributed by atoms with van der Waals surface area (Å²) >= 11 is 0. The lowest BCUT2D eigenvalue weighted by Gasteiger charge is -2.14. The quantitative estimate of drug-likeness (QED) is 0.804. The van der Waals surface area contributed by atoms with Crippen LogP contribution in [0, 0.1) is 5.92 Å². The Morgan fingerprint density at radius 3 is 2.86 bits per heavy atom. The zero-order valence-electron chi connectivity index (χ0n) is 13.4. The molecule has 0 radical (unpaired) electrons. The normalized spacial score (nSPS) is 17.1. The summed E-state index contributed by atoms with van der Waals surface area (Å²) in [6.45, 7) is 5.95. The van der Waals surface area contributed by atoms with Gasteiger partial charge in [-0.25, -0.2) is 0 Å². The number of nitrogens with one attached hydrogen (secondary N) is 2. The Hall–Kier alpha value is -1.26. The van der Waals surface area contributed by atoms with E-state index in [1.807, 2.05) is 24.3 Å². The SMILES string of the molecule is CC(C)COc1ccccc1NC(=O)CCC1CCCN1.Cl. The highest BCUT2D eigenvalue weighted by molar-refractivity contribution is 5.92.